The monoisotopic (exact) mass is 584 g/mol. The Morgan fingerprint density at radius 1 is 0.909 bits per heavy atom. The summed E-state index contributed by atoms with van der Waals surface area (Å²) in [6.45, 7) is 4.62. The average Bonchev–Trinajstić information content (AvgIpc) is 3.67. The molecule has 0 spiro atoms. The number of rotatable bonds is 8. The molecule has 7 rings (SSSR count). The van der Waals surface area contributed by atoms with Gasteiger partial charge in [0.25, 0.3) is 0 Å². The Bertz CT molecular complexity index is 2170. The summed E-state index contributed by atoms with van der Waals surface area (Å²) in [5.74, 6) is -0.475. The third-order valence-corrected chi connectivity index (χ3v) is 7.37. The van der Waals surface area contributed by atoms with Crippen molar-refractivity contribution >= 4 is 33.3 Å². The normalized spacial score (nSPS) is 11.3. The van der Waals surface area contributed by atoms with Crippen LogP contribution in [0.1, 0.15) is 11.1 Å². The Morgan fingerprint density at radius 2 is 1.77 bits per heavy atom. The molecule has 0 aliphatic heterocycles. The van der Waals surface area contributed by atoms with Gasteiger partial charge in [0.2, 0.25) is 0 Å². The smallest absolute Gasteiger partial charge is 0.159 e. The van der Waals surface area contributed by atoms with Crippen molar-refractivity contribution < 1.29 is 8.78 Å². The van der Waals surface area contributed by atoms with E-state index in [4.69, 9.17) is 4.98 Å². The van der Waals surface area contributed by atoms with E-state index in [1.165, 1.54) is 12.1 Å². The molecule has 0 saturated carbocycles. The SMILES string of the molecule is C=C(Nc1cncc(-c2ccc3[nH]nc(-c4nc5c(-c6cc(F)cc(CNC)c6)nccc5[nH]4)c3c2F)c1)c1ccccc1. The Hall–Kier alpha value is -5.74. The van der Waals surface area contributed by atoms with Crippen molar-refractivity contribution in [3.05, 3.63) is 121 Å². The first kappa shape index (κ1) is 27.1. The number of hydrogen-bond donors (Lipinski definition) is 4. The predicted molar refractivity (Wildman–Crippen MR) is 169 cm³/mol. The van der Waals surface area contributed by atoms with Gasteiger partial charge in [0.1, 0.15) is 22.8 Å². The van der Waals surface area contributed by atoms with E-state index in [1.54, 1.807) is 43.8 Å². The minimum Gasteiger partial charge on any atom is -0.354 e. The van der Waals surface area contributed by atoms with Crippen LogP contribution in [0, 0.1) is 11.6 Å². The molecule has 0 aliphatic carbocycles. The van der Waals surface area contributed by atoms with Crippen molar-refractivity contribution in [3.8, 4) is 33.9 Å². The lowest BCUT2D eigenvalue weighted by atomic mass is 10.0. The molecule has 0 radical (unpaired) electrons. The fourth-order valence-electron chi connectivity index (χ4n) is 5.36. The topological polar surface area (TPSA) is 107 Å². The van der Waals surface area contributed by atoms with Crippen LogP contribution >= 0.6 is 0 Å². The zero-order valence-corrected chi connectivity index (χ0v) is 23.6. The highest BCUT2D eigenvalue weighted by atomic mass is 19.1. The van der Waals surface area contributed by atoms with Crippen molar-refractivity contribution in [1.29, 1.82) is 0 Å². The lowest BCUT2D eigenvalue weighted by molar-refractivity contribution is 0.624. The van der Waals surface area contributed by atoms with Crippen molar-refractivity contribution in [2.24, 2.45) is 0 Å². The van der Waals surface area contributed by atoms with Gasteiger partial charge in [-0.3, -0.25) is 15.1 Å². The van der Waals surface area contributed by atoms with Crippen LogP contribution in [-0.2, 0) is 6.54 Å². The molecule has 0 aliphatic rings. The number of fused-ring (bicyclic) bond motifs is 2. The molecule has 0 saturated heterocycles. The van der Waals surface area contributed by atoms with Crippen LogP contribution in [0.5, 0.6) is 0 Å². The summed E-state index contributed by atoms with van der Waals surface area (Å²) >= 11 is 0. The van der Waals surface area contributed by atoms with Crippen molar-refractivity contribution in [2.75, 3.05) is 12.4 Å². The van der Waals surface area contributed by atoms with E-state index in [0.29, 0.717) is 68.4 Å². The maximum atomic E-state index is 16.3. The molecule has 10 heteroatoms. The van der Waals surface area contributed by atoms with E-state index in [9.17, 15) is 4.39 Å². The standard InChI is InChI=1S/C34H26F2N8/c1-19(21-6-4-3-5-7-21)40-25-15-23(17-38-18-25)26-8-9-27-29(30(26)36)33(44-43-27)34-41-28-10-11-39-31(32(28)42-34)22-12-20(16-37-2)13-24(35)14-22/h3-15,17-18,37,40H,1,16H2,2H3,(H,41,42)(H,43,44). The first-order valence-corrected chi connectivity index (χ1v) is 13.9. The van der Waals surface area contributed by atoms with E-state index in [2.05, 4.69) is 42.4 Å². The maximum Gasteiger partial charge on any atom is 0.159 e. The largest absolute Gasteiger partial charge is 0.354 e. The molecule has 216 valence electrons. The first-order valence-electron chi connectivity index (χ1n) is 13.9. The summed E-state index contributed by atoms with van der Waals surface area (Å²) in [7, 11) is 1.80. The number of imidazole rings is 1. The Labute approximate surface area is 250 Å². The third-order valence-electron chi connectivity index (χ3n) is 7.37. The molecule has 4 aromatic heterocycles. The van der Waals surface area contributed by atoms with Gasteiger partial charge in [-0.1, -0.05) is 36.9 Å². The number of H-pyrrole nitrogens is 2. The molecule has 4 heterocycles. The highest BCUT2D eigenvalue weighted by molar-refractivity contribution is 5.98. The molecule has 4 N–H and O–H groups in total. The molecule has 0 bridgehead atoms. The van der Waals surface area contributed by atoms with Gasteiger partial charge in [-0.15, -0.1) is 0 Å². The summed E-state index contributed by atoms with van der Waals surface area (Å²) in [5.41, 5.74) is 7.17. The fourth-order valence-corrected chi connectivity index (χ4v) is 5.36. The second-order valence-electron chi connectivity index (χ2n) is 10.4. The van der Waals surface area contributed by atoms with Gasteiger partial charge in [0, 0.05) is 41.3 Å². The molecule has 0 atom stereocenters. The second kappa shape index (κ2) is 11.2. The second-order valence-corrected chi connectivity index (χ2v) is 10.4. The molecule has 0 amide bonds. The molecular weight excluding hydrogens is 558 g/mol. The molecule has 44 heavy (non-hydrogen) atoms. The summed E-state index contributed by atoms with van der Waals surface area (Å²) in [5, 5.41) is 13.9. The van der Waals surface area contributed by atoms with Crippen LogP contribution in [0.3, 0.4) is 0 Å². The Balaban J connectivity index is 1.28. The molecular formula is C34H26F2N8. The quantitative estimate of drug-likeness (QED) is 0.149. The van der Waals surface area contributed by atoms with Crippen LogP contribution in [0.25, 0.3) is 61.5 Å². The van der Waals surface area contributed by atoms with Gasteiger partial charge in [-0.2, -0.15) is 5.10 Å². The van der Waals surface area contributed by atoms with Gasteiger partial charge in [-0.05, 0) is 60.6 Å². The Morgan fingerprint density at radius 3 is 2.61 bits per heavy atom. The van der Waals surface area contributed by atoms with E-state index in [0.717, 1.165) is 11.1 Å². The van der Waals surface area contributed by atoms with Crippen LogP contribution in [-0.4, -0.2) is 37.2 Å². The van der Waals surface area contributed by atoms with E-state index in [1.807, 2.05) is 42.5 Å². The lowest BCUT2D eigenvalue weighted by Gasteiger charge is -2.11. The minimum atomic E-state index is -0.465. The maximum absolute atomic E-state index is 16.3. The van der Waals surface area contributed by atoms with Crippen LogP contribution in [0.4, 0.5) is 14.5 Å². The summed E-state index contributed by atoms with van der Waals surface area (Å²) in [4.78, 5) is 16.9. The summed E-state index contributed by atoms with van der Waals surface area (Å²) in [6, 6.07) is 21.6. The fraction of sp³-hybridized carbons (Fsp3) is 0.0588. The number of anilines is 1. The summed E-state index contributed by atoms with van der Waals surface area (Å²) in [6.07, 6.45) is 4.91. The highest BCUT2D eigenvalue weighted by Crippen LogP contribution is 2.36. The van der Waals surface area contributed by atoms with Gasteiger partial charge in [0.15, 0.2) is 5.82 Å². The number of pyridine rings is 2. The van der Waals surface area contributed by atoms with E-state index in [-0.39, 0.29) is 11.2 Å². The van der Waals surface area contributed by atoms with Gasteiger partial charge in [0.05, 0.1) is 34.0 Å². The van der Waals surface area contributed by atoms with Crippen LogP contribution in [0.15, 0.2) is 98.0 Å². The van der Waals surface area contributed by atoms with Gasteiger partial charge < -0.3 is 15.6 Å². The highest BCUT2D eigenvalue weighted by Gasteiger charge is 2.21. The van der Waals surface area contributed by atoms with Crippen molar-refractivity contribution in [2.45, 2.75) is 6.54 Å². The zero-order valence-electron chi connectivity index (χ0n) is 23.6. The minimum absolute atomic E-state index is 0.283. The number of nitrogens with one attached hydrogen (secondary N) is 4. The van der Waals surface area contributed by atoms with E-state index < -0.39 is 5.82 Å². The molecule has 0 unspecified atom stereocenters. The van der Waals surface area contributed by atoms with Gasteiger partial charge >= 0.3 is 0 Å². The number of halogens is 2. The summed E-state index contributed by atoms with van der Waals surface area (Å²) < 4.78 is 30.8. The predicted octanol–water partition coefficient (Wildman–Crippen LogP) is 7.31. The molecule has 3 aromatic carbocycles. The first-order chi connectivity index (χ1) is 21.5. The number of benzene rings is 3. The average molecular weight is 585 g/mol. The van der Waals surface area contributed by atoms with E-state index >= 15 is 4.39 Å². The van der Waals surface area contributed by atoms with Crippen LogP contribution < -0.4 is 10.6 Å². The molecule has 8 nitrogen and oxygen atoms in total. The number of aromatic amines is 2. The lowest BCUT2D eigenvalue weighted by Crippen LogP contribution is -2.05. The molecule has 0 fully saturated rings. The van der Waals surface area contributed by atoms with Gasteiger partial charge in [-0.25, -0.2) is 13.8 Å². The number of nitrogens with zero attached hydrogens (tertiary/aromatic N) is 4. The number of aromatic nitrogens is 6. The third kappa shape index (κ3) is 4.97. The molecule has 7 aromatic rings. The van der Waals surface area contributed by atoms with Crippen molar-refractivity contribution in [1.82, 2.24) is 35.5 Å². The Kier molecular flexibility index (Phi) is 6.88. The number of hydrogen-bond acceptors (Lipinski definition) is 6. The van der Waals surface area contributed by atoms with Crippen molar-refractivity contribution in [3.63, 3.8) is 0 Å². The zero-order chi connectivity index (χ0) is 30.2. The van der Waals surface area contributed by atoms with Crippen LogP contribution in [0.2, 0.25) is 0 Å².